The van der Waals surface area contributed by atoms with Crippen molar-refractivity contribution in [1.82, 2.24) is 5.32 Å². The highest BCUT2D eigenvalue weighted by molar-refractivity contribution is 5.70. The van der Waals surface area contributed by atoms with Gasteiger partial charge in [-0.1, -0.05) is 30.3 Å². The van der Waals surface area contributed by atoms with Crippen molar-refractivity contribution in [3.63, 3.8) is 0 Å². The zero-order valence-corrected chi connectivity index (χ0v) is 18.8. The summed E-state index contributed by atoms with van der Waals surface area (Å²) in [4.78, 5) is 12.4. The Morgan fingerprint density at radius 2 is 1.65 bits per heavy atom. The maximum Gasteiger partial charge on any atom is 0.307 e. The molecule has 8 heteroatoms. The number of fused-ring (bicyclic) bond motifs is 3. The van der Waals surface area contributed by atoms with E-state index in [1.54, 1.807) is 6.92 Å². The van der Waals surface area contributed by atoms with Crippen LogP contribution in [0.2, 0.25) is 0 Å². The lowest BCUT2D eigenvalue weighted by Gasteiger charge is -2.41. The number of carbonyl (C=O) groups excluding carboxylic acids is 1. The van der Waals surface area contributed by atoms with Gasteiger partial charge in [-0.15, -0.1) is 0 Å². The summed E-state index contributed by atoms with van der Waals surface area (Å²) in [5.74, 6) is -1.88. The molecule has 8 nitrogen and oxygen atoms in total. The Morgan fingerprint density at radius 1 is 1.00 bits per heavy atom. The van der Waals surface area contributed by atoms with Gasteiger partial charge in [-0.05, 0) is 40.2 Å². The third kappa shape index (κ3) is 5.10. The molecule has 0 amide bonds. The van der Waals surface area contributed by atoms with Crippen molar-refractivity contribution in [3.8, 4) is 0 Å². The highest BCUT2D eigenvalue weighted by Gasteiger charge is 2.61. The molecule has 3 aliphatic heterocycles. The second-order valence-electron chi connectivity index (χ2n) is 9.12. The van der Waals surface area contributed by atoms with Crippen molar-refractivity contribution in [2.75, 3.05) is 6.61 Å². The first-order valence-electron chi connectivity index (χ1n) is 11.0. The minimum Gasteiger partial charge on any atom is -0.466 e. The number of nitrogens with one attached hydrogen (secondary N) is 1. The van der Waals surface area contributed by atoms with Crippen LogP contribution in [0.1, 0.15) is 46.6 Å². The number of hydrogen-bond donors (Lipinski definition) is 1. The molecular formula is C23H33NO7. The van der Waals surface area contributed by atoms with E-state index in [0.29, 0.717) is 13.2 Å². The quantitative estimate of drug-likeness (QED) is 0.654. The zero-order valence-electron chi connectivity index (χ0n) is 18.8. The molecule has 6 atom stereocenters. The average Bonchev–Trinajstić information content (AvgIpc) is 3.19. The van der Waals surface area contributed by atoms with Crippen LogP contribution in [0.25, 0.3) is 0 Å². The predicted molar refractivity (Wildman–Crippen MR) is 111 cm³/mol. The van der Waals surface area contributed by atoms with Gasteiger partial charge >= 0.3 is 5.97 Å². The van der Waals surface area contributed by atoms with Gasteiger partial charge in [0.15, 0.2) is 17.9 Å². The van der Waals surface area contributed by atoms with Crippen molar-refractivity contribution in [2.45, 2.75) is 95.9 Å². The van der Waals surface area contributed by atoms with Crippen LogP contribution in [0.3, 0.4) is 0 Å². The summed E-state index contributed by atoms with van der Waals surface area (Å²) in [6, 6.07) is 9.64. The van der Waals surface area contributed by atoms with Crippen molar-refractivity contribution < 1.29 is 33.2 Å². The highest BCUT2D eigenvalue weighted by atomic mass is 16.9. The molecule has 4 rings (SSSR count). The maximum absolute atomic E-state index is 12.4. The lowest BCUT2D eigenvalue weighted by atomic mass is 9.92. The molecule has 0 bridgehead atoms. The molecule has 3 heterocycles. The predicted octanol–water partition coefficient (Wildman–Crippen LogP) is 2.49. The first kappa shape index (κ1) is 22.6. The molecule has 0 saturated carbocycles. The molecule has 0 aromatic heterocycles. The van der Waals surface area contributed by atoms with Gasteiger partial charge in [0.1, 0.15) is 24.4 Å². The molecule has 3 fully saturated rings. The van der Waals surface area contributed by atoms with Gasteiger partial charge in [0.05, 0.1) is 13.0 Å². The normalized spacial score (nSPS) is 34.0. The van der Waals surface area contributed by atoms with Gasteiger partial charge in [0.25, 0.3) is 0 Å². The number of carbonyl (C=O) groups is 1. The number of hydrogen-bond acceptors (Lipinski definition) is 8. The molecular weight excluding hydrogens is 402 g/mol. The summed E-state index contributed by atoms with van der Waals surface area (Å²) in [6.45, 7) is 10.1. The molecule has 31 heavy (non-hydrogen) atoms. The van der Waals surface area contributed by atoms with Crippen LogP contribution >= 0.6 is 0 Å². The molecule has 1 aromatic rings. The van der Waals surface area contributed by atoms with E-state index in [4.69, 9.17) is 28.4 Å². The summed E-state index contributed by atoms with van der Waals surface area (Å²) in [5, 5.41) is 3.48. The van der Waals surface area contributed by atoms with Gasteiger partial charge in [-0.25, -0.2) is 0 Å². The van der Waals surface area contributed by atoms with Crippen molar-refractivity contribution in [3.05, 3.63) is 35.9 Å². The number of esters is 1. The molecule has 0 aliphatic carbocycles. The second kappa shape index (κ2) is 8.77. The smallest absolute Gasteiger partial charge is 0.307 e. The zero-order chi connectivity index (χ0) is 22.2. The number of benzene rings is 1. The molecule has 0 radical (unpaired) electrons. The molecule has 172 valence electrons. The van der Waals surface area contributed by atoms with E-state index in [1.807, 2.05) is 58.0 Å². The lowest BCUT2D eigenvalue weighted by Crippen LogP contribution is -2.61. The molecule has 3 saturated heterocycles. The average molecular weight is 436 g/mol. The van der Waals surface area contributed by atoms with E-state index < -0.39 is 36.2 Å². The number of ether oxygens (including phenoxy) is 6. The third-order valence-corrected chi connectivity index (χ3v) is 5.69. The summed E-state index contributed by atoms with van der Waals surface area (Å²) in [7, 11) is 0. The van der Waals surface area contributed by atoms with E-state index in [0.717, 1.165) is 5.56 Å². The van der Waals surface area contributed by atoms with Crippen molar-refractivity contribution in [1.29, 1.82) is 0 Å². The monoisotopic (exact) mass is 435 g/mol. The Balaban J connectivity index is 1.58. The van der Waals surface area contributed by atoms with Crippen molar-refractivity contribution in [2.24, 2.45) is 0 Å². The topological polar surface area (TPSA) is 84.5 Å². The SMILES string of the molecule is CCOC(=O)C[C@H](NCc1ccccc1)[C@H]1O[C@@H]2OC(C)(C)O[C@@H]2[C@H]2OC(C)(C)O[C@H]21. The standard InChI is InChI=1S/C23H33NO7/c1-6-26-16(25)12-15(24-13-14-10-8-7-9-11-14)17-18-19(29-22(2,3)28-18)20-21(27-17)31-23(4,5)30-20/h7-11,15,17-21,24H,6,12-13H2,1-5H3/t15-,17+,18-,19-,20+,21+/m0/s1. The van der Waals surface area contributed by atoms with Crippen LogP contribution in [0.5, 0.6) is 0 Å². The maximum atomic E-state index is 12.4. The minimum atomic E-state index is -0.796. The van der Waals surface area contributed by atoms with E-state index in [9.17, 15) is 4.79 Å². The van der Waals surface area contributed by atoms with E-state index in [-0.39, 0.29) is 24.5 Å². The first-order chi connectivity index (χ1) is 14.7. The molecule has 0 unspecified atom stereocenters. The fraction of sp³-hybridized carbons (Fsp3) is 0.696. The third-order valence-electron chi connectivity index (χ3n) is 5.69. The Morgan fingerprint density at radius 3 is 2.35 bits per heavy atom. The Bertz CT molecular complexity index is 768. The van der Waals surface area contributed by atoms with Gasteiger partial charge in [0, 0.05) is 12.6 Å². The highest BCUT2D eigenvalue weighted by Crippen LogP contribution is 2.45. The summed E-state index contributed by atoms with van der Waals surface area (Å²) in [6.07, 6.45) is -2.16. The van der Waals surface area contributed by atoms with Crippen LogP contribution in [0.4, 0.5) is 0 Å². The number of rotatable bonds is 7. The van der Waals surface area contributed by atoms with E-state index in [2.05, 4.69) is 5.32 Å². The van der Waals surface area contributed by atoms with Crippen LogP contribution in [-0.2, 0) is 39.8 Å². The fourth-order valence-corrected chi connectivity index (χ4v) is 4.52. The second-order valence-corrected chi connectivity index (χ2v) is 9.12. The summed E-state index contributed by atoms with van der Waals surface area (Å²) >= 11 is 0. The summed E-state index contributed by atoms with van der Waals surface area (Å²) < 4.78 is 36.1. The van der Waals surface area contributed by atoms with Crippen LogP contribution in [0.15, 0.2) is 30.3 Å². The first-order valence-corrected chi connectivity index (χ1v) is 11.0. The van der Waals surface area contributed by atoms with E-state index in [1.165, 1.54) is 0 Å². The molecule has 1 N–H and O–H groups in total. The van der Waals surface area contributed by atoms with Gasteiger partial charge < -0.3 is 33.7 Å². The van der Waals surface area contributed by atoms with Gasteiger partial charge in [-0.3, -0.25) is 4.79 Å². The molecule has 0 spiro atoms. The Hall–Kier alpha value is -1.55. The van der Waals surface area contributed by atoms with Gasteiger partial charge in [-0.2, -0.15) is 0 Å². The summed E-state index contributed by atoms with van der Waals surface area (Å²) in [5.41, 5.74) is 1.10. The fourth-order valence-electron chi connectivity index (χ4n) is 4.52. The van der Waals surface area contributed by atoms with E-state index >= 15 is 0 Å². The Kier molecular flexibility index (Phi) is 6.40. The molecule has 3 aliphatic rings. The van der Waals surface area contributed by atoms with Crippen LogP contribution < -0.4 is 5.32 Å². The largest absolute Gasteiger partial charge is 0.466 e. The molecule has 1 aromatic carbocycles. The van der Waals surface area contributed by atoms with Crippen LogP contribution in [0, 0.1) is 0 Å². The lowest BCUT2D eigenvalue weighted by molar-refractivity contribution is -0.240. The minimum absolute atomic E-state index is 0.139. The Labute approximate surface area is 183 Å². The van der Waals surface area contributed by atoms with Crippen LogP contribution in [-0.4, -0.2) is 60.9 Å². The van der Waals surface area contributed by atoms with Gasteiger partial charge in [0.2, 0.25) is 0 Å². The van der Waals surface area contributed by atoms with Crippen molar-refractivity contribution >= 4 is 5.97 Å².